The van der Waals surface area contributed by atoms with Gasteiger partial charge in [0, 0.05) is 18.5 Å². The first-order valence-corrected chi connectivity index (χ1v) is 8.06. The van der Waals surface area contributed by atoms with Gasteiger partial charge in [-0.1, -0.05) is 25.4 Å². The zero-order chi connectivity index (χ0) is 17.4. The lowest BCUT2D eigenvalue weighted by molar-refractivity contribution is -0.120. The molecule has 0 spiro atoms. The van der Waals surface area contributed by atoms with Crippen LogP contribution in [0.2, 0.25) is 5.02 Å². The summed E-state index contributed by atoms with van der Waals surface area (Å²) in [5.41, 5.74) is 1.12. The van der Waals surface area contributed by atoms with Crippen molar-refractivity contribution in [3.05, 3.63) is 23.2 Å². The number of hydrogen-bond donors (Lipinski definition) is 4. The highest BCUT2D eigenvalue weighted by Gasteiger charge is 2.08. The van der Waals surface area contributed by atoms with Crippen molar-refractivity contribution >= 4 is 69.5 Å². The molecule has 0 radical (unpaired) electrons. The van der Waals surface area contributed by atoms with Gasteiger partial charge in [0.15, 0.2) is 10.2 Å². The molecule has 23 heavy (non-hydrogen) atoms. The Bertz CT molecular complexity index is 637. The van der Waals surface area contributed by atoms with Gasteiger partial charge in [-0.15, -0.1) is 0 Å². The number of halogens is 1. The lowest BCUT2D eigenvalue weighted by atomic mass is 10.2. The number of carbonyl (C=O) groups is 2. The molecule has 9 heteroatoms. The molecule has 0 saturated carbocycles. The summed E-state index contributed by atoms with van der Waals surface area (Å²) in [6.07, 6.45) is 0.656. The van der Waals surface area contributed by atoms with E-state index in [4.69, 9.17) is 36.0 Å². The van der Waals surface area contributed by atoms with E-state index in [1.807, 2.05) is 0 Å². The van der Waals surface area contributed by atoms with Gasteiger partial charge in [-0.25, -0.2) is 0 Å². The summed E-state index contributed by atoms with van der Waals surface area (Å²) in [6, 6.07) is 5.00. The van der Waals surface area contributed by atoms with Gasteiger partial charge >= 0.3 is 0 Å². The van der Waals surface area contributed by atoms with Crippen LogP contribution in [0.5, 0.6) is 0 Å². The molecule has 0 aliphatic heterocycles. The lowest BCUT2D eigenvalue weighted by Gasteiger charge is -2.13. The number of rotatable bonds is 4. The molecule has 0 fully saturated rings. The van der Waals surface area contributed by atoms with Crippen LogP contribution in [-0.4, -0.2) is 22.0 Å². The van der Waals surface area contributed by atoms with Gasteiger partial charge in [0.05, 0.1) is 10.7 Å². The Morgan fingerprint density at radius 3 is 2.04 bits per heavy atom. The van der Waals surface area contributed by atoms with E-state index in [2.05, 4.69) is 21.3 Å². The maximum atomic E-state index is 11.3. The topological polar surface area (TPSA) is 82.3 Å². The summed E-state index contributed by atoms with van der Waals surface area (Å²) >= 11 is 16.2. The smallest absolute Gasteiger partial charge is 0.225 e. The summed E-state index contributed by atoms with van der Waals surface area (Å²) in [6.45, 7) is 3.45. The molecule has 0 unspecified atom stereocenters. The van der Waals surface area contributed by atoms with Gasteiger partial charge < -0.3 is 21.3 Å². The zero-order valence-corrected chi connectivity index (χ0v) is 15.0. The van der Waals surface area contributed by atoms with Crippen molar-refractivity contribution in [2.45, 2.75) is 26.7 Å². The Kier molecular flexibility index (Phi) is 7.87. The minimum absolute atomic E-state index is 0.151. The average molecular weight is 373 g/mol. The van der Waals surface area contributed by atoms with Crippen LogP contribution in [0.15, 0.2) is 18.2 Å². The van der Waals surface area contributed by atoms with Gasteiger partial charge in [-0.05, 0) is 42.6 Å². The van der Waals surface area contributed by atoms with Crippen molar-refractivity contribution in [2.75, 3.05) is 10.6 Å². The molecule has 2 amide bonds. The predicted molar refractivity (Wildman–Crippen MR) is 101 cm³/mol. The number of carbonyl (C=O) groups excluding carboxylic acids is 2. The Labute approximate surface area is 150 Å². The SMILES string of the molecule is CCC(=O)NC(=S)Nc1ccc(Cl)c(NC(=S)NC(=O)CC)c1. The van der Waals surface area contributed by atoms with Crippen LogP contribution in [0.25, 0.3) is 0 Å². The van der Waals surface area contributed by atoms with Crippen LogP contribution in [-0.2, 0) is 9.59 Å². The molecule has 0 aromatic heterocycles. The maximum Gasteiger partial charge on any atom is 0.225 e. The first kappa shape index (κ1) is 19.3. The van der Waals surface area contributed by atoms with E-state index < -0.39 is 0 Å². The van der Waals surface area contributed by atoms with Crippen molar-refractivity contribution in [3.8, 4) is 0 Å². The number of thiocarbonyl (C=S) groups is 2. The Balaban J connectivity index is 2.75. The molecule has 124 valence electrons. The molecule has 0 aliphatic rings. The van der Waals surface area contributed by atoms with Crippen molar-refractivity contribution in [2.24, 2.45) is 0 Å². The van der Waals surface area contributed by atoms with Gasteiger partial charge in [0.2, 0.25) is 11.8 Å². The molecule has 1 aromatic rings. The summed E-state index contributed by atoms with van der Waals surface area (Å²) in [7, 11) is 0. The largest absolute Gasteiger partial charge is 0.332 e. The maximum absolute atomic E-state index is 11.3. The number of benzene rings is 1. The minimum atomic E-state index is -0.198. The lowest BCUT2D eigenvalue weighted by Crippen LogP contribution is -2.34. The van der Waals surface area contributed by atoms with Crippen LogP contribution < -0.4 is 21.3 Å². The second kappa shape index (κ2) is 9.39. The molecular weight excluding hydrogens is 356 g/mol. The molecule has 0 saturated heterocycles. The number of anilines is 2. The number of amides is 2. The molecule has 4 N–H and O–H groups in total. The molecule has 0 atom stereocenters. The van der Waals surface area contributed by atoms with E-state index in [1.54, 1.807) is 32.0 Å². The third kappa shape index (κ3) is 6.89. The van der Waals surface area contributed by atoms with Crippen LogP contribution in [0.4, 0.5) is 11.4 Å². The number of nitrogens with one attached hydrogen (secondary N) is 4. The fourth-order valence-electron chi connectivity index (χ4n) is 1.44. The molecular formula is C14H17ClN4O2S2. The van der Waals surface area contributed by atoms with Crippen LogP contribution in [0, 0.1) is 0 Å². The molecule has 1 aromatic carbocycles. The number of hydrogen-bond acceptors (Lipinski definition) is 4. The van der Waals surface area contributed by atoms with E-state index in [0.29, 0.717) is 29.2 Å². The van der Waals surface area contributed by atoms with Crippen LogP contribution in [0.3, 0.4) is 0 Å². The molecule has 0 heterocycles. The Hall–Kier alpha value is -1.77. The summed E-state index contributed by atoms with van der Waals surface area (Å²) in [5, 5.41) is 11.5. The zero-order valence-electron chi connectivity index (χ0n) is 12.7. The Morgan fingerprint density at radius 2 is 1.52 bits per heavy atom. The summed E-state index contributed by atoms with van der Waals surface area (Å²) in [5.74, 6) is -0.380. The van der Waals surface area contributed by atoms with E-state index >= 15 is 0 Å². The van der Waals surface area contributed by atoms with E-state index in [0.717, 1.165) is 0 Å². The highest BCUT2D eigenvalue weighted by Crippen LogP contribution is 2.25. The molecule has 6 nitrogen and oxygen atoms in total. The third-order valence-electron chi connectivity index (χ3n) is 2.62. The van der Waals surface area contributed by atoms with Crippen molar-refractivity contribution in [1.29, 1.82) is 0 Å². The van der Waals surface area contributed by atoms with Crippen molar-refractivity contribution < 1.29 is 9.59 Å². The van der Waals surface area contributed by atoms with Gasteiger partial charge in [0.25, 0.3) is 0 Å². The molecule has 0 aliphatic carbocycles. The highest BCUT2D eigenvalue weighted by atomic mass is 35.5. The van der Waals surface area contributed by atoms with Crippen LogP contribution >= 0.6 is 36.0 Å². The van der Waals surface area contributed by atoms with Crippen molar-refractivity contribution in [3.63, 3.8) is 0 Å². The van der Waals surface area contributed by atoms with E-state index in [-0.39, 0.29) is 22.0 Å². The second-order valence-corrected chi connectivity index (χ2v) is 5.63. The minimum Gasteiger partial charge on any atom is -0.332 e. The second-order valence-electron chi connectivity index (χ2n) is 4.41. The quantitative estimate of drug-likeness (QED) is 0.608. The standard InChI is InChI=1S/C14H17ClN4O2S2/c1-3-11(20)18-13(22)16-8-5-6-9(15)10(7-8)17-14(23)19-12(21)4-2/h5-7H,3-4H2,1-2H3,(H2,16,18,20,22)(H2,17,19,21,23). The average Bonchev–Trinajstić information content (AvgIpc) is 2.50. The highest BCUT2D eigenvalue weighted by molar-refractivity contribution is 7.80. The van der Waals surface area contributed by atoms with E-state index in [1.165, 1.54) is 0 Å². The third-order valence-corrected chi connectivity index (χ3v) is 3.36. The van der Waals surface area contributed by atoms with Gasteiger partial charge in [0.1, 0.15) is 0 Å². The first-order chi connectivity index (χ1) is 10.8. The monoisotopic (exact) mass is 372 g/mol. The summed E-state index contributed by atoms with van der Waals surface area (Å²) in [4.78, 5) is 22.6. The first-order valence-electron chi connectivity index (χ1n) is 6.86. The molecule has 1 rings (SSSR count). The fraction of sp³-hybridized carbons (Fsp3) is 0.286. The normalized spacial score (nSPS) is 9.70. The molecule has 0 bridgehead atoms. The predicted octanol–water partition coefficient (Wildman–Crippen LogP) is 2.79. The van der Waals surface area contributed by atoms with Crippen molar-refractivity contribution in [1.82, 2.24) is 10.6 Å². The Morgan fingerprint density at radius 1 is 1.00 bits per heavy atom. The fourth-order valence-corrected chi connectivity index (χ4v) is 2.07. The van der Waals surface area contributed by atoms with Crippen LogP contribution in [0.1, 0.15) is 26.7 Å². The van der Waals surface area contributed by atoms with Gasteiger partial charge in [-0.3, -0.25) is 9.59 Å². The summed E-state index contributed by atoms with van der Waals surface area (Å²) < 4.78 is 0. The van der Waals surface area contributed by atoms with Gasteiger partial charge in [-0.2, -0.15) is 0 Å². The van der Waals surface area contributed by atoms with E-state index in [9.17, 15) is 9.59 Å².